The Kier molecular flexibility index (Phi) is 7.00. The second-order valence-corrected chi connectivity index (χ2v) is 8.94. The molecule has 0 aliphatic carbocycles. The van der Waals surface area contributed by atoms with E-state index in [0.29, 0.717) is 19.1 Å². The van der Waals surface area contributed by atoms with Gasteiger partial charge >= 0.3 is 0 Å². The molecule has 7 nitrogen and oxygen atoms in total. The van der Waals surface area contributed by atoms with E-state index < -0.39 is 0 Å². The predicted octanol–water partition coefficient (Wildman–Crippen LogP) is 1.45. The third-order valence-electron chi connectivity index (χ3n) is 7.02. The first kappa shape index (κ1) is 21.2. The Morgan fingerprint density at radius 3 is 2.67 bits per heavy atom. The largest absolute Gasteiger partial charge is 0.340 e. The third-order valence-corrected chi connectivity index (χ3v) is 7.02. The first-order valence-corrected chi connectivity index (χ1v) is 11.6. The molecule has 3 fully saturated rings. The average Bonchev–Trinajstić information content (AvgIpc) is 2.80. The van der Waals surface area contributed by atoms with Crippen molar-refractivity contribution in [1.82, 2.24) is 24.6 Å². The molecule has 0 unspecified atom stereocenters. The number of carbonyl (C=O) groups excluding carboxylic acids is 2. The van der Waals surface area contributed by atoms with Gasteiger partial charge in [0.2, 0.25) is 11.8 Å². The number of likely N-dealkylation sites (N-methyl/N-ethyl adjacent to an activating group) is 1. The molecule has 30 heavy (non-hydrogen) atoms. The lowest BCUT2D eigenvalue weighted by Gasteiger charge is -2.43. The van der Waals surface area contributed by atoms with Crippen LogP contribution in [0.2, 0.25) is 0 Å². The highest BCUT2D eigenvalue weighted by Crippen LogP contribution is 2.26. The zero-order chi connectivity index (χ0) is 20.9. The van der Waals surface area contributed by atoms with Crippen LogP contribution in [0.25, 0.3) is 0 Å². The lowest BCUT2D eigenvalue weighted by Crippen LogP contribution is -2.56. The number of likely N-dealkylation sites (tertiary alicyclic amines) is 2. The SMILES string of the molecule is CCN1CCN(C(=O)[C@@H]2CCCN(C3CCN(Cc4cccnc4)CC3)C2)CC1=O. The minimum Gasteiger partial charge on any atom is -0.340 e. The van der Waals surface area contributed by atoms with Crippen molar-refractivity contribution >= 4 is 11.8 Å². The summed E-state index contributed by atoms with van der Waals surface area (Å²) in [5, 5.41) is 0. The predicted molar refractivity (Wildman–Crippen MR) is 116 cm³/mol. The number of aromatic nitrogens is 1. The molecule has 3 saturated heterocycles. The number of hydrogen-bond donors (Lipinski definition) is 0. The molecule has 0 N–H and O–H groups in total. The molecular weight excluding hydrogens is 378 g/mol. The molecule has 3 aliphatic heterocycles. The van der Waals surface area contributed by atoms with Crippen molar-refractivity contribution in [1.29, 1.82) is 0 Å². The number of rotatable bonds is 5. The summed E-state index contributed by atoms with van der Waals surface area (Å²) >= 11 is 0. The van der Waals surface area contributed by atoms with Crippen LogP contribution in [0.1, 0.15) is 38.2 Å². The summed E-state index contributed by atoms with van der Waals surface area (Å²) in [6.45, 7) is 9.47. The first-order valence-electron chi connectivity index (χ1n) is 11.6. The normalized spacial score (nSPS) is 25.0. The number of pyridine rings is 1. The summed E-state index contributed by atoms with van der Waals surface area (Å²) < 4.78 is 0. The van der Waals surface area contributed by atoms with E-state index in [2.05, 4.69) is 20.9 Å². The Morgan fingerprint density at radius 1 is 1.13 bits per heavy atom. The van der Waals surface area contributed by atoms with Crippen molar-refractivity contribution in [2.24, 2.45) is 5.92 Å². The van der Waals surface area contributed by atoms with Gasteiger partial charge in [-0.25, -0.2) is 0 Å². The van der Waals surface area contributed by atoms with Crippen LogP contribution < -0.4 is 0 Å². The monoisotopic (exact) mass is 413 g/mol. The Balaban J connectivity index is 1.26. The van der Waals surface area contributed by atoms with Crippen molar-refractivity contribution in [3.8, 4) is 0 Å². The van der Waals surface area contributed by atoms with Crippen LogP contribution in [-0.2, 0) is 16.1 Å². The summed E-state index contributed by atoms with van der Waals surface area (Å²) in [5.74, 6) is 0.330. The number of hydrogen-bond acceptors (Lipinski definition) is 5. The second-order valence-electron chi connectivity index (χ2n) is 8.94. The van der Waals surface area contributed by atoms with E-state index in [0.717, 1.165) is 65.0 Å². The Morgan fingerprint density at radius 2 is 1.97 bits per heavy atom. The highest BCUT2D eigenvalue weighted by atomic mass is 16.2. The summed E-state index contributed by atoms with van der Waals surface area (Å²) in [6.07, 6.45) is 8.14. The molecule has 7 heteroatoms. The average molecular weight is 414 g/mol. The van der Waals surface area contributed by atoms with E-state index in [-0.39, 0.29) is 24.3 Å². The molecule has 4 heterocycles. The van der Waals surface area contributed by atoms with Crippen molar-refractivity contribution in [2.75, 3.05) is 52.4 Å². The zero-order valence-electron chi connectivity index (χ0n) is 18.2. The van der Waals surface area contributed by atoms with E-state index in [1.807, 2.05) is 30.3 Å². The highest BCUT2D eigenvalue weighted by Gasteiger charge is 2.35. The van der Waals surface area contributed by atoms with Crippen molar-refractivity contribution in [3.63, 3.8) is 0 Å². The maximum Gasteiger partial charge on any atom is 0.242 e. The van der Waals surface area contributed by atoms with Crippen LogP contribution in [0.5, 0.6) is 0 Å². The van der Waals surface area contributed by atoms with Gasteiger partial charge < -0.3 is 9.80 Å². The quantitative estimate of drug-likeness (QED) is 0.731. The molecule has 2 amide bonds. The van der Waals surface area contributed by atoms with Crippen molar-refractivity contribution in [3.05, 3.63) is 30.1 Å². The summed E-state index contributed by atoms with van der Waals surface area (Å²) in [5.41, 5.74) is 1.28. The Hall–Kier alpha value is -1.99. The smallest absolute Gasteiger partial charge is 0.242 e. The fourth-order valence-corrected chi connectivity index (χ4v) is 5.22. The van der Waals surface area contributed by atoms with Gasteiger partial charge in [0, 0.05) is 51.2 Å². The van der Waals surface area contributed by atoms with Gasteiger partial charge in [-0.05, 0) is 63.9 Å². The van der Waals surface area contributed by atoms with Gasteiger partial charge in [-0.15, -0.1) is 0 Å². The molecule has 164 valence electrons. The molecule has 4 rings (SSSR count). The Bertz CT molecular complexity index is 720. The van der Waals surface area contributed by atoms with E-state index in [9.17, 15) is 9.59 Å². The van der Waals surface area contributed by atoms with Crippen LogP contribution in [0.4, 0.5) is 0 Å². The van der Waals surface area contributed by atoms with Gasteiger partial charge in [0.15, 0.2) is 0 Å². The second kappa shape index (κ2) is 9.88. The lowest BCUT2D eigenvalue weighted by atomic mass is 9.92. The molecule has 0 aromatic carbocycles. The van der Waals surface area contributed by atoms with Crippen LogP contribution in [-0.4, -0.2) is 94.8 Å². The fraction of sp³-hybridized carbons (Fsp3) is 0.696. The van der Waals surface area contributed by atoms with Gasteiger partial charge in [-0.2, -0.15) is 0 Å². The van der Waals surface area contributed by atoms with Crippen LogP contribution >= 0.6 is 0 Å². The van der Waals surface area contributed by atoms with Gasteiger partial charge in [-0.3, -0.25) is 24.4 Å². The standard InChI is InChI=1S/C23H35N5O2/c1-2-26-13-14-28(18-22(26)29)23(30)20-6-4-10-27(17-20)21-7-11-25(12-8-21)16-19-5-3-9-24-15-19/h3,5,9,15,20-21H,2,4,6-8,10-14,16-18H2,1H3/t20-/m1/s1. The zero-order valence-corrected chi connectivity index (χ0v) is 18.2. The molecule has 1 atom stereocenters. The molecule has 0 spiro atoms. The Labute approximate surface area is 180 Å². The number of nitrogens with zero attached hydrogens (tertiary/aromatic N) is 5. The van der Waals surface area contributed by atoms with E-state index >= 15 is 0 Å². The van der Waals surface area contributed by atoms with Crippen LogP contribution in [0.3, 0.4) is 0 Å². The fourth-order valence-electron chi connectivity index (χ4n) is 5.22. The molecule has 0 bridgehead atoms. The van der Waals surface area contributed by atoms with Gasteiger partial charge in [-0.1, -0.05) is 6.07 Å². The van der Waals surface area contributed by atoms with Crippen molar-refractivity contribution in [2.45, 2.75) is 45.2 Å². The molecule has 3 aliphatic rings. The van der Waals surface area contributed by atoms with Gasteiger partial charge in [0.05, 0.1) is 12.5 Å². The maximum absolute atomic E-state index is 13.1. The third kappa shape index (κ3) is 5.01. The topological polar surface area (TPSA) is 60.0 Å². The maximum atomic E-state index is 13.1. The van der Waals surface area contributed by atoms with Gasteiger partial charge in [0.25, 0.3) is 0 Å². The van der Waals surface area contributed by atoms with E-state index in [1.54, 1.807) is 4.90 Å². The first-order chi connectivity index (χ1) is 14.6. The number of piperazine rings is 1. The molecule has 1 aromatic rings. The summed E-state index contributed by atoms with van der Waals surface area (Å²) in [4.78, 5) is 38.2. The molecular formula is C23H35N5O2. The minimum absolute atomic E-state index is 0.0492. The molecule has 1 aromatic heterocycles. The molecule has 0 radical (unpaired) electrons. The number of carbonyl (C=O) groups is 2. The van der Waals surface area contributed by atoms with Gasteiger partial charge in [0.1, 0.15) is 0 Å². The van der Waals surface area contributed by atoms with E-state index in [1.165, 1.54) is 5.56 Å². The lowest BCUT2D eigenvalue weighted by molar-refractivity contribution is -0.148. The highest BCUT2D eigenvalue weighted by molar-refractivity contribution is 5.87. The van der Waals surface area contributed by atoms with Crippen LogP contribution in [0.15, 0.2) is 24.5 Å². The van der Waals surface area contributed by atoms with E-state index in [4.69, 9.17) is 0 Å². The van der Waals surface area contributed by atoms with Crippen LogP contribution in [0, 0.1) is 5.92 Å². The number of amides is 2. The van der Waals surface area contributed by atoms with Crippen molar-refractivity contribution < 1.29 is 9.59 Å². The summed E-state index contributed by atoms with van der Waals surface area (Å²) in [7, 11) is 0. The minimum atomic E-state index is 0.0492. The molecule has 0 saturated carbocycles. The number of piperidine rings is 2. The summed E-state index contributed by atoms with van der Waals surface area (Å²) in [6, 6.07) is 4.72.